The van der Waals surface area contributed by atoms with E-state index < -0.39 is 0 Å². The number of nitrogens with one attached hydrogen (secondary N) is 2. The van der Waals surface area contributed by atoms with Crippen LogP contribution in [0, 0.1) is 0 Å². The lowest BCUT2D eigenvalue weighted by atomic mass is 10.1. The SMILES string of the molecule is CCOc1ccc(/C=C/C(=O)Nc2cccc(-c3ccc(=O)[nH]n3)c2)cc1OC. The van der Waals surface area contributed by atoms with E-state index in [0.29, 0.717) is 29.5 Å². The number of rotatable bonds is 7. The monoisotopic (exact) mass is 391 g/mol. The molecule has 3 aromatic rings. The normalized spacial score (nSPS) is 10.7. The number of carbonyl (C=O) groups is 1. The fourth-order valence-corrected chi connectivity index (χ4v) is 2.68. The number of H-pyrrole nitrogens is 1. The van der Waals surface area contributed by atoms with E-state index in [4.69, 9.17) is 9.47 Å². The van der Waals surface area contributed by atoms with Gasteiger partial charge in [0.05, 0.1) is 19.4 Å². The Morgan fingerprint density at radius 3 is 2.72 bits per heavy atom. The molecule has 0 spiro atoms. The zero-order valence-corrected chi connectivity index (χ0v) is 16.1. The van der Waals surface area contributed by atoms with Crippen molar-refractivity contribution in [2.24, 2.45) is 0 Å². The Labute approximate surface area is 168 Å². The molecule has 7 heteroatoms. The van der Waals surface area contributed by atoms with Crippen molar-refractivity contribution in [1.29, 1.82) is 0 Å². The van der Waals surface area contributed by atoms with Crippen LogP contribution in [0.1, 0.15) is 12.5 Å². The van der Waals surface area contributed by atoms with Gasteiger partial charge in [-0.1, -0.05) is 18.2 Å². The van der Waals surface area contributed by atoms with Crippen molar-refractivity contribution >= 4 is 17.7 Å². The highest BCUT2D eigenvalue weighted by Gasteiger charge is 2.05. The molecule has 0 radical (unpaired) electrons. The summed E-state index contributed by atoms with van der Waals surface area (Å²) < 4.78 is 10.8. The van der Waals surface area contributed by atoms with Gasteiger partial charge < -0.3 is 14.8 Å². The molecule has 1 heterocycles. The Morgan fingerprint density at radius 1 is 1.14 bits per heavy atom. The van der Waals surface area contributed by atoms with Crippen LogP contribution in [0.2, 0.25) is 0 Å². The molecule has 0 aliphatic carbocycles. The number of hydrogen-bond acceptors (Lipinski definition) is 5. The second-order valence-electron chi connectivity index (χ2n) is 6.05. The predicted molar refractivity (Wildman–Crippen MR) is 112 cm³/mol. The number of benzene rings is 2. The van der Waals surface area contributed by atoms with Gasteiger partial charge in [-0.25, -0.2) is 5.10 Å². The fourth-order valence-electron chi connectivity index (χ4n) is 2.68. The summed E-state index contributed by atoms with van der Waals surface area (Å²) in [6.45, 7) is 2.45. The maximum atomic E-state index is 12.3. The van der Waals surface area contributed by atoms with Gasteiger partial charge in [-0.3, -0.25) is 9.59 Å². The number of aromatic amines is 1. The molecule has 148 valence electrons. The summed E-state index contributed by atoms with van der Waals surface area (Å²) in [6.07, 6.45) is 3.14. The van der Waals surface area contributed by atoms with E-state index in [1.807, 2.05) is 19.1 Å². The Morgan fingerprint density at radius 2 is 2.00 bits per heavy atom. The van der Waals surface area contributed by atoms with Crippen molar-refractivity contribution in [3.05, 3.63) is 76.6 Å². The van der Waals surface area contributed by atoms with Crippen LogP contribution in [-0.4, -0.2) is 29.8 Å². The molecular formula is C22H21N3O4. The van der Waals surface area contributed by atoms with E-state index in [9.17, 15) is 9.59 Å². The predicted octanol–water partition coefficient (Wildman–Crippen LogP) is 3.50. The molecule has 0 atom stereocenters. The van der Waals surface area contributed by atoms with Crippen LogP contribution in [0.25, 0.3) is 17.3 Å². The molecule has 7 nitrogen and oxygen atoms in total. The van der Waals surface area contributed by atoms with Gasteiger partial charge in [-0.05, 0) is 48.9 Å². The van der Waals surface area contributed by atoms with Crippen LogP contribution >= 0.6 is 0 Å². The Balaban J connectivity index is 1.70. The summed E-state index contributed by atoms with van der Waals surface area (Å²) in [7, 11) is 1.57. The lowest BCUT2D eigenvalue weighted by molar-refractivity contribution is -0.111. The molecule has 0 saturated carbocycles. The van der Waals surface area contributed by atoms with Crippen LogP contribution < -0.4 is 20.3 Å². The summed E-state index contributed by atoms with van der Waals surface area (Å²) in [6, 6.07) is 15.7. The molecule has 2 aromatic carbocycles. The Hall–Kier alpha value is -3.87. The maximum absolute atomic E-state index is 12.3. The van der Waals surface area contributed by atoms with Crippen molar-refractivity contribution in [1.82, 2.24) is 10.2 Å². The molecule has 3 rings (SSSR count). The van der Waals surface area contributed by atoms with Gasteiger partial charge in [0.1, 0.15) is 0 Å². The van der Waals surface area contributed by atoms with Gasteiger partial charge in [0.25, 0.3) is 5.56 Å². The zero-order chi connectivity index (χ0) is 20.6. The van der Waals surface area contributed by atoms with Gasteiger partial charge in [0.2, 0.25) is 5.91 Å². The lowest BCUT2D eigenvalue weighted by Crippen LogP contribution is -2.08. The minimum absolute atomic E-state index is 0.269. The summed E-state index contributed by atoms with van der Waals surface area (Å²) in [4.78, 5) is 23.4. The third-order valence-electron chi connectivity index (χ3n) is 4.02. The summed E-state index contributed by atoms with van der Waals surface area (Å²) in [5.41, 5.74) is 2.55. The maximum Gasteiger partial charge on any atom is 0.264 e. The number of carbonyl (C=O) groups excluding carboxylic acids is 1. The fraction of sp³-hybridized carbons (Fsp3) is 0.136. The molecule has 1 aromatic heterocycles. The average molecular weight is 391 g/mol. The molecule has 0 aliphatic rings. The van der Waals surface area contributed by atoms with Crippen molar-refractivity contribution in [2.75, 3.05) is 19.0 Å². The summed E-state index contributed by atoms with van der Waals surface area (Å²) in [5, 5.41) is 9.20. The van der Waals surface area contributed by atoms with Crippen molar-refractivity contribution in [3.63, 3.8) is 0 Å². The van der Waals surface area contributed by atoms with Crippen molar-refractivity contribution in [3.8, 4) is 22.8 Å². The molecule has 0 saturated heterocycles. The highest BCUT2D eigenvalue weighted by molar-refractivity contribution is 6.02. The summed E-state index contributed by atoms with van der Waals surface area (Å²) >= 11 is 0. The largest absolute Gasteiger partial charge is 0.493 e. The molecule has 2 N–H and O–H groups in total. The third-order valence-corrected chi connectivity index (χ3v) is 4.02. The number of anilines is 1. The van der Waals surface area contributed by atoms with Gasteiger partial charge in [0, 0.05) is 23.4 Å². The van der Waals surface area contributed by atoms with E-state index in [2.05, 4.69) is 15.5 Å². The average Bonchev–Trinajstić information content (AvgIpc) is 2.74. The minimum atomic E-state index is -0.274. The Bertz CT molecular complexity index is 1070. The molecule has 29 heavy (non-hydrogen) atoms. The molecule has 0 aliphatic heterocycles. The van der Waals surface area contributed by atoms with E-state index in [1.54, 1.807) is 49.6 Å². The van der Waals surface area contributed by atoms with Gasteiger partial charge >= 0.3 is 0 Å². The van der Waals surface area contributed by atoms with Crippen LogP contribution in [0.5, 0.6) is 11.5 Å². The van der Waals surface area contributed by atoms with Gasteiger partial charge in [-0.2, -0.15) is 5.10 Å². The van der Waals surface area contributed by atoms with Crippen LogP contribution in [0.15, 0.2) is 65.5 Å². The highest BCUT2D eigenvalue weighted by atomic mass is 16.5. The molecular weight excluding hydrogens is 370 g/mol. The van der Waals surface area contributed by atoms with E-state index in [1.165, 1.54) is 12.1 Å². The second-order valence-corrected chi connectivity index (χ2v) is 6.05. The van der Waals surface area contributed by atoms with E-state index >= 15 is 0 Å². The number of amides is 1. The summed E-state index contributed by atoms with van der Waals surface area (Å²) in [5.74, 6) is 0.990. The first-order valence-corrected chi connectivity index (χ1v) is 9.05. The molecule has 1 amide bonds. The number of ether oxygens (including phenoxy) is 2. The smallest absolute Gasteiger partial charge is 0.264 e. The molecule has 0 fully saturated rings. The van der Waals surface area contributed by atoms with Gasteiger partial charge in [-0.15, -0.1) is 0 Å². The first kappa shape index (κ1) is 19.9. The number of nitrogens with zero attached hydrogens (tertiary/aromatic N) is 1. The van der Waals surface area contributed by atoms with Crippen LogP contribution in [-0.2, 0) is 4.79 Å². The quantitative estimate of drug-likeness (QED) is 0.602. The van der Waals surface area contributed by atoms with E-state index in [0.717, 1.165) is 11.1 Å². The number of aromatic nitrogens is 2. The number of methoxy groups -OCH3 is 1. The second kappa shape index (κ2) is 9.36. The van der Waals surface area contributed by atoms with Crippen molar-refractivity contribution in [2.45, 2.75) is 6.92 Å². The zero-order valence-electron chi connectivity index (χ0n) is 16.1. The van der Waals surface area contributed by atoms with Crippen LogP contribution in [0.4, 0.5) is 5.69 Å². The first-order chi connectivity index (χ1) is 14.1. The van der Waals surface area contributed by atoms with E-state index in [-0.39, 0.29) is 11.5 Å². The Kier molecular flexibility index (Phi) is 6.42. The van der Waals surface area contributed by atoms with Gasteiger partial charge in [0.15, 0.2) is 11.5 Å². The number of hydrogen-bond donors (Lipinski definition) is 2. The minimum Gasteiger partial charge on any atom is -0.493 e. The molecule has 0 unspecified atom stereocenters. The highest BCUT2D eigenvalue weighted by Crippen LogP contribution is 2.28. The van der Waals surface area contributed by atoms with Crippen molar-refractivity contribution < 1.29 is 14.3 Å². The topological polar surface area (TPSA) is 93.3 Å². The third kappa shape index (κ3) is 5.32. The lowest BCUT2D eigenvalue weighted by Gasteiger charge is -2.09. The van der Waals surface area contributed by atoms with Crippen LogP contribution in [0.3, 0.4) is 0 Å². The standard InChI is InChI=1S/C22H21N3O4/c1-3-29-19-10-7-15(13-20(19)28-2)8-11-21(26)23-17-6-4-5-16(14-17)18-9-12-22(27)25-24-18/h4-14H,3H2,1-2H3,(H,23,26)(H,25,27)/b11-8+. The first-order valence-electron chi connectivity index (χ1n) is 9.05. The molecule has 0 bridgehead atoms.